The molecule has 154 valence electrons. The molecule has 0 spiro atoms. The molecule has 0 unspecified atom stereocenters. The Labute approximate surface area is 171 Å². The van der Waals surface area contributed by atoms with Gasteiger partial charge in [-0.1, -0.05) is 12.1 Å². The fraction of sp³-hybridized carbons (Fsp3) is 0.238. The number of anilines is 1. The molecule has 30 heavy (non-hydrogen) atoms. The van der Waals surface area contributed by atoms with Gasteiger partial charge in [0.2, 0.25) is 0 Å². The smallest absolute Gasteiger partial charge is 0.352 e. The van der Waals surface area contributed by atoms with Crippen molar-refractivity contribution in [3.8, 4) is 11.3 Å². The maximum Gasteiger partial charge on any atom is 0.417 e. The van der Waals surface area contributed by atoms with E-state index in [1.165, 1.54) is 23.1 Å². The van der Waals surface area contributed by atoms with Gasteiger partial charge in [0.25, 0.3) is 5.91 Å². The van der Waals surface area contributed by atoms with Crippen molar-refractivity contribution in [2.75, 3.05) is 31.1 Å². The number of rotatable bonds is 3. The molecule has 1 aliphatic heterocycles. The zero-order chi connectivity index (χ0) is 21.1. The van der Waals surface area contributed by atoms with E-state index in [9.17, 15) is 18.0 Å². The number of pyridine rings is 1. The molecular weight excluding hydrogens is 395 g/mol. The van der Waals surface area contributed by atoms with Gasteiger partial charge in [0.05, 0.1) is 16.8 Å². The van der Waals surface area contributed by atoms with Crippen LogP contribution in [0.15, 0.2) is 60.9 Å². The number of halogens is 3. The predicted molar refractivity (Wildman–Crippen MR) is 105 cm³/mol. The lowest BCUT2D eigenvalue weighted by Crippen LogP contribution is -2.49. The number of carbonyl (C=O) groups excluding carboxylic acids is 1. The van der Waals surface area contributed by atoms with Gasteiger partial charge in [0.1, 0.15) is 0 Å². The molecule has 0 bridgehead atoms. The number of alkyl halides is 3. The molecule has 0 aliphatic carbocycles. The van der Waals surface area contributed by atoms with Crippen LogP contribution in [0.5, 0.6) is 0 Å². The van der Waals surface area contributed by atoms with Crippen LogP contribution in [-0.2, 0) is 6.18 Å². The van der Waals surface area contributed by atoms with Crippen LogP contribution in [-0.4, -0.2) is 52.2 Å². The van der Waals surface area contributed by atoms with Crippen molar-refractivity contribution < 1.29 is 18.0 Å². The fourth-order valence-electron chi connectivity index (χ4n) is 3.40. The first kappa shape index (κ1) is 19.8. The summed E-state index contributed by atoms with van der Waals surface area (Å²) < 4.78 is 39.7. The van der Waals surface area contributed by atoms with Crippen LogP contribution in [0.4, 0.5) is 19.0 Å². The van der Waals surface area contributed by atoms with Gasteiger partial charge in [0.15, 0.2) is 5.82 Å². The lowest BCUT2D eigenvalue weighted by atomic mass is 10.1. The van der Waals surface area contributed by atoms with Crippen LogP contribution in [0.25, 0.3) is 11.3 Å². The minimum absolute atomic E-state index is 0.304. The second kappa shape index (κ2) is 8.10. The van der Waals surface area contributed by atoms with Gasteiger partial charge >= 0.3 is 6.18 Å². The minimum atomic E-state index is -4.57. The van der Waals surface area contributed by atoms with E-state index in [4.69, 9.17) is 0 Å². The van der Waals surface area contributed by atoms with Gasteiger partial charge in [-0.3, -0.25) is 9.78 Å². The maximum atomic E-state index is 13.2. The number of benzene rings is 1. The third kappa shape index (κ3) is 4.10. The average molecular weight is 413 g/mol. The highest BCUT2D eigenvalue weighted by molar-refractivity contribution is 5.96. The first-order chi connectivity index (χ1) is 14.4. The molecule has 1 aliphatic rings. The number of aromatic nitrogens is 3. The van der Waals surface area contributed by atoms with E-state index in [2.05, 4.69) is 15.2 Å². The summed E-state index contributed by atoms with van der Waals surface area (Å²) in [5.74, 6) is 0.0530. The maximum absolute atomic E-state index is 13.2. The van der Waals surface area contributed by atoms with Gasteiger partial charge in [-0.2, -0.15) is 13.2 Å². The van der Waals surface area contributed by atoms with E-state index in [0.717, 1.165) is 17.3 Å². The molecule has 1 fully saturated rings. The van der Waals surface area contributed by atoms with Crippen molar-refractivity contribution in [2.24, 2.45) is 0 Å². The molecule has 1 saturated heterocycles. The van der Waals surface area contributed by atoms with Gasteiger partial charge < -0.3 is 9.80 Å². The zero-order valence-electron chi connectivity index (χ0n) is 15.9. The van der Waals surface area contributed by atoms with Crippen LogP contribution < -0.4 is 4.90 Å². The van der Waals surface area contributed by atoms with Crippen LogP contribution in [0.1, 0.15) is 15.9 Å². The summed E-state index contributed by atoms with van der Waals surface area (Å²) in [6, 6.07) is 12.3. The number of nitrogens with zero attached hydrogens (tertiary/aromatic N) is 5. The quantitative estimate of drug-likeness (QED) is 0.658. The monoisotopic (exact) mass is 413 g/mol. The second-order valence-corrected chi connectivity index (χ2v) is 6.84. The summed E-state index contributed by atoms with van der Waals surface area (Å²) in [6.45, 7) is 1.53. The third-order valence-corrected chi connectivity index (χ3v) is 4.98. The van der Waals surface area contributed by atoms with Crippen molar-refractivity contribution in [1.29, 1.82) is 0 Å². The topological polar surface area (TPSA) is 62.2 Å². The average Bonchev–Trinajstić information content (AvgIpc) is 2.79. The van der Waals surface area contributed by atoms with Crippen molar-refractivity contribution in [1.82, 2.24) is 20.1 Å². The standard InChI is InChI=1S/C21H18F3N5O/c22-21(23,24)17-4-2-1-3-16(17)20(30)29-13-11-28(12-14-29)19-6-5-18(26-27-19)15-7-9-25-10-8-15/h1-10H,11-14H2. The van der Waals surface area contributed by atoms with E-state index in [-0.39, 0.29) is 5.56 Å². The Morgan fingerprint density at radius 2 is 1.57 bits per heavy atom. The number of hydrogen-bond donors (Lipinski definition) is 0. The summed E-state index contributed by atoms with van der Waals surface area (Å²) in [5.41, 5.74) is 0.399. The normalized spacial score (nSPS) is 14.6. The largest absolute Gasteiger partial charge is 0.417 e. The molecule has 0 radical (unpaired) electrons. The molecule has 9 heteroatoms. The third-order valence-electron chi connectivity index (χ3n) is 4.98. The Hall–Kier alpha value is -3.49. The van der Waals surface area contributed by atoms with Crippen molar-refractivity contribution in [3.05, 3.63) is 72.1 Å². The first-order valence-corrected chi connectivity index (χ1v) is 9.38. The Bertz CT molecular complexity index is 1020. The molecule has 0 atom stereocenters. The highest BCUT2D eigenvalue weighted by Crippen LogP contribution is 2.32. The van der Waals surface area contributed by atoms with E-state index in [0.29, 0.717) is 32.0 Å². The van der Waals surface area contributed by atoms with E-state index in [1.807, 2.05) is 29.2 Å². The lowest BCUT2D eigenvalue weighted by Gasteiger charge is -2.35. The van der Waals surface area contributed by atoms with Crippen molar-refractivity contribution >= 4 is 11.7 Å². The summed E-state index contributed by atoms with van der Waals surface area (Å²) in [7, 11) is 0. The summed E-state index contributed by atoms with van der Waals surface area (Å²) in [6.07, 6.45) is -1.21. The van der Waals surface area contributed by atoms with Crippen molar-refractivity contribution in [2.45, 2.75) is 6.18 Å². The predicted octanol–water partition coefficient (Wildman–Crippen LogP) is 3.52. The van der Waals surface area contributed by atoms with Crippen LogP contribution in [0, 0.1) is 0 Å². The molecule has 0 saturated carbocycles. The van der Waals surface area contributed by atoms with Gasteiger partial charge in [0, 0.05) is 44.1 Å². The summed E-state index contributed by atoms with van der Waals surface area (Å²) in [5, 5.41) is 8.50. The zero-order valence-corrected chi connectivity index (χ0v) is 15.9. The van der Waals surface area contributed by atoms with E-state index < -0.39 is 17.6 Å². The molecule has 3 aromatic rings. The number of piperazine rings is 1. The van der Waals surface area contributed by atoms with Gasteiger partial charge in [-0.15, -0.1) is 10.2 Å². The summed E-state index contributed by atoms with van der Waals surface area (Å²) >= 11 is 0. The van der Waals surface area contributed by atoms with E-state index >= 15 is 0 Å². The van der Waals surface area contributed by atoms with Crippen LogP contribution >= 0.6 is 0 Å². The van der Waals surface area contributed by atoms with E-state index in [1.54, 1.807) is 12.4 Å². The van der Waals surface area contributed by atoms with Crippen LogP contribution in [0.3, 0.4) is 0 Å². The highest BCUT2D eigenvalue weighted by atomic mass is 19.4. The highest BCUT2D eigenvalue weighted by Gasteiger charge is 2.36. The Balaban J connectivity index is 1.43. The Morgan fingerprint density at radius 1 is 0.867 bits per heavy atom. The molecule has 3 heterocycles. The number of amides is 1. The minimum Gasteiger partial charge on any atom is -0.352 e. The molecule has 4 rings (SSSR count). The molecule has 6 nitrogen and oxygen atoms in total. The molecule has 1 amide bonds. The fourth-order valence-corrected chi connectivity index (χ4v) is 3.40. The lowest BCUT2D eigenvalue weighted by molar-refractivity contribution is -0.138. The van der Waals surface area contributed by atoms with Crippen molar-refractivity contribution in [3.63, 3.8) is 0 Å². The Morgan fingerprint density at radius 3 is 2.20 bits per heavy atom. The SMILES string of the molecule is O=C(c1ccccc1C(F)(F)F)N1CCN(c2ccc(-c3ccncc3)nn2)CC1. The number of hydrogen-bond acceptors (Lipinski definition) is 5. The van der Waals surface area contributed by atoms with Crippen LogP contribution in [0.2, 0.25) is 0 Å². The molecule has 0 N–H and O–H groups in total. The number of carbonyl (C=O) groups is 1. The molecule has 2 aromatic heterocycles. The Kier molecular flexibility index (Phi) is 5.35. The van der Waals surface area contributed by atoms with Gasteiger partial charge in [-0.25, -0.2) is 0 Å². The molecule has 1 aromatic carbocycles. The first-order valence-electron chi connectivity index (χ1n) is 9.38. The summed E-state index contributed by atoms with van der Waals surface area (Å²) in [4.78, 5) is 20.1. The second-order valence-electron chi connectivity index (χ2n) is 6.84. The van der Waals surface area contributed by atoms with Gasteiger partial charge in [-0.05, 0) is 36.4 Å². The molecular formula is C21H18F3N5O.